The number of hydrogen-bond donors (Lipinski definition) is 1. The van der Waals surface area contributed by atoms with Crippen LogP contribution in [-0.4, -0.2) is 66.2 Å². The van der Waals surface area contributed by atoms with E-state index in [1.165, 1.54) is 22.1 Å². The highest BCUT2D eigenvalue weighted by Crippen LogP contribution is 2.21. The molecule has 1 N–H and O–H groups in total. The third-order valence-electron chi connectivity index (χ3n) is 3.44. The lowest BCUT2D eigenvalue weighted by Gasteiger charge is -2.32. The highest BCUT2D eigenvalue weighted by Gasteiger charge is 2.29. The Hall–Kier alpha value is -2.52. The Morgan fingerprint density at radius 1 is 1.42 bits per heavy atom. The number of carbonyl (C=O) groups is 2. The molecule has 1 aliphatic rings. The molecule has 0 aliphatic carbocycles. The van der Waals surface area contributed by atoms with Gasteiger partial charge in [0, 0.05) is 38.4 Å². The third-order valence-corrected chi connectivity index (χ3v) is 3.44. The molecular formula is C14H17F3N4O3. The fourth-order valence-electron chi connectivity index (χ4n) is 2.06. The summed E-state index contributed by atoms with van der Waals surface area (Å²) in [5.41, 5.74) is 0.364. The van der Waals surface area contributed by atoms with E-state index in [0.717, 1.165) is 6.20 Å². The number of nitrogens with zero attached hydrogens (tertiary/aromatic N) is 3. The first-order valence-corrected chi connectivity index (χ1v) is 7.15. The van der Waals surface area contributed by atoms with Gasteiger partial charge in [-0.1, -0.05) is 0 Å². The molecule has 1 aliphatic heterocycles. The lowest BCUT2D eigenvalue weighted by atomic mass is 10.2. The Bertz CT molecular complexity index is 609. The van der Waals surface area contributed by atoms with Crippen LogP contribution in [0.1, 0.15) is 5.56 Å². The topological polar surface area (TPSA) is 74.8 Å². The smallest absolute Gasteiger partial charge is 0.422 e. The number of nitrogens with one attached hydrogen (secondary N) is 1. The molecule has 2 rings (SSSR count). The predicted molar refractivity (Wildman–Crippen MR) is 77.2 cm³/mol. The molecular weight excluding hydrogens is 329 g/mol. The Labute approximate surface area is 136 Å². The van der Waals surface area contributed by atoms with Crippen molar-refractivity contribution in [3.63, 3.8) is 0 Å². The molecule has 0 spiro atoms. The monoisotopic (exact) mass is 346 g/mol. The van der Waals surface area contributed by atoms with Gasteiger partial charge in [-0.25, -0.2) is 4.79 Å². The van der Waals surface area contributed by atoms with Gasteiger partial charge < -0.3 is 19.9 Å². The molecule has 0 saturated carbocycles. The first-order valence-electron chi connectivity index (χ1n) is 7.15. The van der Waals surface area contributed by atoms with Gasteiger partial charge in [-0.2, -0.15) is 13.2 Å². The number of ether oxygens (including phenoxy) is 1. The second-order valence-electron chi connectivity index (χ2n) is 5.28. The SMILES string of the molecule is CN1CCN(C(=O)NCc2ccncc2OCC(F)(F)F)CC1=O. The van der Waals surface area contributed by atoms with Crippen molar-refractivity contribution in [2.24, 2.45) is 0 Å². The van der Waals surface area contributed by atoms with E-state index in [0.29, 0.717) is 18.7 Å². The number of amides is 3. The second-order valence-corrected chi connectivity index (χ2v) is 5.28. The molecule has 1 fully saturated rings. The first kappa shape index (κ1) is 17.8. The fourth-order valence-corrected chi connectivity index (χ4v) is 2.06. The number of piperazine rings is 1. The van der Waals surface area contributed by atoms with Crippen molar-refractivity contribution in [3.8, 4) is 5.75 Å². The number of pyridine rings is 1. The first-order chi connectivity index (χ1) is 11.3. The predicted octanol–water partition coefficient (Wildman–Crippen LogP) is 1.01. The van der Waals surface area contributed by atoms with Crippen LogP contribution in [0, 0.1) is 0 Å². The van der Waals surface area contributed by atoms with E-state index in [1.807, 2.05) is 0 Å². The number of alkyl halides is 3. The van der Waals surface area contributed by atoms with Gasteiger partial charge in [0.15, 0.2) is 6.61 Å². The highest BCUT2D eigenvalue weighted by molar-refractivity contribution is 5.85. The molecule has 1 saturated heterocycles. The minimum atomic E-state index is -4.46. The summed E-state index contributed by atoms with van der Waals surface area (Å²) in [4.78, 5) is 30.2. The number of rotatable bonds is 4. The van der Waals surface area contributed by atoms with Crippen LogP contribution in [0.15, 0.2) is 18.5 Å². The van der Waals surface area contributed by atoms with E-state index < -0.39 is 18.8 Å². The number of halogens is 3. The largest absolute Gasteiger partial charge is 0.482 e. The molecule has 0 radical (unpaired) electrons. The van der Waals surface area contributed by atoms with Crippen molar-refractivity contribution in [2.45, 2.75) is 12.7 Å². The van der Waals surface area contributed by atoms with Crippen LogP contribution in [0.2, 0.25) is 0 Å². The maximum Gasteiger partial charge on any atom is 0.422 e. The van der Waals surface area contributed by atoms with Gasteiger partial charge in [-0.15, -0.1) is 0 Å². The highest BCUT2D eigenvalue weighted by atomic mass is 19.4. The van der Waals surface area contributed by atoms with Gasteiger partial charge in [0.2, 0.25) is 5.91 Å². The summed E-state index contributed by atoms with van der Waals surface area (Å²) in [6.07, 6.45) is -1.91. The molecule has 0 unspecified atom stereocenters. The number of hydrogen-bond acceptors (Lipinski definition) is 4. The molecule has 7 nitrogen and oxygen atoms in total. The molecule has 1 aromatic heterocycles. The molecule has 1 aromatic rings. The zero-order chi connectivity index (χ0) is 17.7. The van der Waals surface area contributed by atoms with Crippen LogP contribution in [0.25, 0.3) is 0 Å². The van der Waals surface area contributed by atoms with Crippen LogP contribution in [-0.2, 0) is 11.3 Å². The van der Waals surface area contributed by atoms with Crippen LogP contribution in [0.3, 0.4) is 0 Å². The van der Waals surface area contributed by atoms with Gasteiger partial charge in [0.05, 0.1) is 6.20 Å². The number of likely N-dealkylation sites (N-methyl/N-ethyl adjacent to an activating group) is 1. The Kier molecular flexibility index (Phi) is 5.47. The maximum absolute atomic E-state index is 12.2. The summed E-state index contributed by atoms with van der Waals surface area (Å²) in [7, 11) is 1.65. The zero-order valence-corrected chi connectivity index (χ0v) is 13.0. The Balaban J connectivity index is 1.92. The van der Waals surface area contributed by atoms with Gasteiger partial charge in [-0.3, -0.25) is 9.78 Å². The van der Waals surface area contributed by atoms with Gasteiger partial charge >= 0.3 is 12.2 Å². The minimum Gasteiger partial charge on any atom is -0.482 e. The fraction of sp³-hybridized carbons (Fsp3) is 0.500. The summed E-state index contributed by atoms with van der Waals surface area (Å²) in [6.45, 7) is -0.679. The average Bonchev–Trinajstić information content (AvgIpc) is 2.53. The van der Waals surface area contributed by atoms with Crippen LogP contribution < -0.4 is 10.1 Å². The van der Waals surface area contributed by atoms with Crippen molar-refractivity contribution in [3.05, 3.63) is 24.0 Å². The zero-order valence-electron chi connectivity index (χ0n) is 13.0. The second kappa shape index (κ2) is 7.37. The average molecular weight is 346 g/mol. The van der Waals surface area contributed by atoms with E-state index in [2.05, 4.69) is 10.3 Å². The van der Waals surface area contributed by atoms with Gasteiger partial charge in [0.25, 0.3) is 0 Å². The van der Waals surface area contributed by atoms with E-state index in [9.17, 15) is 22.8 Å². The van der Waals surface area contributed by atoms with E-state index in [-0.39, 0.29) is 24.7 Å². The number of carbonyl (C=O) groups excluding carboxylic acids is 2. The van der Waals surface area contributed by atoms with Crippen molar-refractivity contribution >= 4 is 11.9 Å². The standard InChI is InChI=1S/C14H17F3N4O3/c1-20-4-5-21(8-12(20)22)13(23)19-6-10-2-3-18-7-11(10)24-9-14(15,16)17/h2-3,7H,4-6,8-9H2,1H3,(H,19,23). The molecule has 2 heterocycles. The van der Waals surface area contributed by atoms with E-state index >= 15 is 0 Å². The lowest BCUT2D eigenvalue weighted by molar-refractivity contribution is -0.153. The summed E-state index contributed by atoms with van der Waals surface area (Å²) < 4.78 is 41.4. The Morgan fingerprint density at radius 2 is 2.17 bits per heavy atom. The van der Waals surface area contributed by atoms with Gasteiger partial charge in [0.1, 0.15) is 12.3 Å². The molecule has 24 heavy (non-hydrogen) atoms. The summed E-state index contributed by atoms with van der Waals surface area (Å²) in [5.74, 6) is -0.223. The van der Waals surface area contributed by atoms with E-state index in [4.69, 9.17) is 4.74 Å². The van der Waals surface area contributed by atoms with Crippen LogP contribution >= 0.6 is 0 Å². The van der Waals surface area contributed by atoms with Crippen molar-refractivity contribution in [2.75, 3.05) is 33.3 Å². The normalized spacial score (nSPS) is 15.4. The van der Waals surface area contributed by atoms with E-state index in [1.54, 1.807) is 7.05 Å². The molecule has 0 aromatic carbocycles. The Morgan fingerprint density at radius 3 is 2.83 bits per heavy atom. The quantitative estimate of drug-likeness (QED) is 0.883. The van der Waals surface area contributed by atoms with Crippen molar-refractivity contribution < 1.29 is 27.5 Å². The van der Waals surface area contributed by atoms with Crippen LogP contribution in [0.4, 0.5) is 18.0 Å². The minimum absolute atomic E-state index is 0.0316. The number of urea groups is 1. The third kappa shape index (κ3) is 5.00. The van der Waals surface area contributed by atoms with Crippen molar-refractivity contribution in [1.82, 2.24) is 20.1 Å². The lowest BCUT2D eigenvalue weighted by Crippen LogP contribution is -2.53. The van der Waals surface area contributed by atoms with Crippen molar-refractivity contribution in [1.29, 1.82) is 0 Å². The summed E-state index contributed by atoms with van der Waals surface area (Å²) in [5, 5.41) is 2.57. The molecule has 0 bridgehead atoms. The molecule has 132 valence electrons. The molecule has 10 heteroatoms. The number of aromatic nitrogens is 1. The van der Waals surface area contributed by atoms with Crippen LogP contribution in [0.5, 0.6) is 5.75 Å². The van der Waals surface area contributed by atoms with Gasteiger partial charge in [-0.05, 0) is 6.07 Å². The molecule has 0 atom stereocenters. The molecule has 3 amide bonds. The summed E-state index contributed by atoms with van der Waals surface area (Å²) >= 11 is 0. The summed E-state index contributed by atoms with van der Waals surface area (Å²) in [6, 6.07) is 0.997. The maximum atomic E-state index is 12.2.